The van der Waals surface area contributed by atoms with E-state index in [1.165, 1.54) is 11.8 Å². The Morgan fingerprint density at radius 1 is 1.36 bits per heavy atom. The summed E-state index contributed by atoms with van der Waals surface area (Å²) in [5, 5.41) is 9.67. The van der Waals surface area contributed by atoms with Gasteiger partial charge in [0.05, 0.1) is 11.3 Å². The van der Waals surface area contributed by atoms with Crippen molar-refractivity contribution in [2.75, 3.05) is 6.61 Å². The van der Waals surface area contributed by atoms with Crippen molar-refractivity contribution in [3.8, 4) is 0 Å². The Hall–Kier alpha value is 0.250. The molecule has 0 aromatic heterocycles. The second-order valence-corrected chi connectivity index (χ2v) is 9.71. The van der Waals surface area contributed by atoms with Gasteiger partial charge in [0.1, 0.15) is 4.24 Å². The van der Waals surface area contributed by atoms with Crippen molar-refractivity contribution in [3.63, 3.8) is 0 Å². The first-order chi connectivity index (χ1) is 10.4. The monoisotopic (exact) mass is 369 g/mol. The molecule has 4 nitrogen and oxygen atoms in total. The molecular weight excluding hydrogens is 342 g/mol. The van der Waals surface area contributed by atoms with Crippen LogP contribution in [0.15, 0.2) is 10.3 Å². The number of hydrogen-bond acceptors (Lipinski definition) is 4. The highest BCUT2D eigenvalue weighted by atomic mass is 35.5. The van der Waals surface area contributed by atoms with Gasteiger partial charge in [-0.3, -0.25) is 0 Å². The number of aliphatic hydroxyl groups excluding tert-OH is 1. The molecular formula is C15H28ClNO3S2. The molecule has 2 atom stereocenters. The lowest BCUT2D eigenvalue weighted by molar-refractivity contribution is 0.199. The van der Waals surface area contributed by atoms with Gasteiger partial charge in [0.2, 0.25) is 10.0 Å². The standard InChI is InChI=1S/C15H28ClNO3S2/c1-3-5-7-12(8-6-4-2)13(11-18)17-22(19,20)15-10-9-14(16)21-15/h10,12-14,17-18H,3-9,11H2,1-2H3/t13-,14?/m1/s1. The minimum absolute atomic E-state index is 0.167. The summed E-state index contributed by atoms with van der Waals surface area (Å²) < 4.78 is 27.6. The summed E-state index contributed by atoms with van der Waals surface area (Å²) in [7, 11) is -3.57. The van der Waals surface area contributed by atoms with E-state index in [0.29, 0.717) is 6.42 Å². The molecule has 0 fully saturated rings. The van der Waals surface area contributed by atoms with Crippen molar-refractivity contribution >= 4 is 33.4 Å². The van der Waals surface area contributed by atoms with Crippen LogP contribution in [0.2, 0.25) is 0 Å². The number of hydrogen-bond donors (Lipinski definition) is 2. The third kappa shape index (κ3) is 6.40. The Kier molecular flexibility index (Phi) is 9.40. The normalized spacial score (nSPS) is 20.4. The fraction of sp³-hybridized carbons (Fsp3) is 0.867. The van der Waals surface area contributed by atoms with E-state index >= 15 is 0 Å². The van der Waals surface area contributed by atoms with Crippen LogP contribution in [0.4, 0.5) is 0 Å². The predicted molar refractivity (Wildman–Crippen MR) is 95.4 cm³/mol. The molecule has 130 valence electrons. The zero-order valence-electron chi connectivity index (χ0n) is 13.4. The minimum atomic E-state index is -3.57. The number of halogens is 1. The van der Waals surface area contributed by atoms with Crippen LogP contribution in [0.1, 0.15) is 58.8 Å². The number of alkyl halides is 1. The Bertz CT molecular complexity index is 446. The highest BCUT2D eigenvalue weighted by Gasteiger charge is 2.31. The maximum absolute atomic E-state index is 12.4. The molecule has 2 N–H and O–H groups in total. The maximum atomic E-state index is 12.4. The van der Waals surface area contributed by atoms with E-state index in [4.69, 9.17) is 11.6 Å². The van der Waals surface area contributed by atoms with Crippen molar-refractivity contribution in [2.24, 2.45) is 5.92 Å². The largest absolute Gasteiger partial charge is 0.395 e. The molecule has 0 bridgehead atoms. The summed E-state index contributed by atoms with van der Waals surface area (Å²) in [6.45, 7) is 4.07. The van der Waals surface area contributed by atoms with Crippen LogP contribution < -0.4 is 4.72 Å². The predicted octanol–water partition coefficient (Wildman–Crippen LogP) is 3.81. The minimum Gasteiger partial charge on any atom is -0.395 e. The Morgan fingerprint density at radius 2 is 1.95 bits per heavy atom. The molecule has 0 aromatic carbocycles. The first kappa shape index (κ1) is 20.3. The average molecular weight is 370 g/mol. The van der Waals surface area contributed by atoms with Crippen LogP contribution >= 0.6 is 23.4 Å². The maximum Gasteiger partial charge on any atom is 0.246 e. The van der Waals surface area contributed by atoms with Gasteiger partial charge in [-0.25, -0.2) is 13.1 Å². The van der Waals surface area contributed by atoms with Crippen LogP contribution in [0.3, 0.4) is 0 Å². The van der Waals surface area contributed by atoms with Gasteiger partial charge in [0.15, 0.2) is 0 Å². The van der Waals surface area contributed by atoms with E-state index in [1.54, 1.807) is 6.08 Å². The quantitative estimate of drug-likeness (QED) is 0.543. The van der Waals surface area contributed by atoms with Crippen molar-refractivity contribution in [1.82, 2.24) is 4.72 Å². The number of nitrogens with one attached hydrogen (secondary N) is 1. The summed E-state index contributed by atoms with van der Waals surface area (Å²) >= 11 is 7.12. The topological polar surface area (TPSA) is 66.4 Å². The van der Waals surface area contributed by atoms with Crippen LogP contribution in [0.5, 0.6) is 0 Å². The molecule has 1 rings (SSSR count). The summed E-state index contributed by atoms with van der Waals surface area (Å²) in [6.07, 6.45) is 8.34. The highest BCUT2D eigenvalue weighted by Crippen LogP contribution is 2.37. The molecule has 0 aromatic rings. The fourth-order valence-corrected chi connectivity index (χ4v) is 5.87. The number of thioether (sulfide) groups is 1. The summed E-state index contributed by atoms with van der Waals surface area (Å²) in [6, 6.07) is -0.418. The molecule has 1 aliphatic heterocycles. The molecule has 1 aliphatic rings. The third-order valence-electron chi connectivity index (χ3n) is 3.91. The van der Waals surface area contributed by atoms with Gasteiger partial charge in [-0.1, -0.05) is 57.4 Å². The SMILES string of the molecule is CCCCC(CCCC)[C@@H](CO)NS(=O)(=O)C1=CCC(Cl)S1. The van der Waals surface area contributed by atoms with Gasteiger partial charge >= 0.3 is 0 Å². The Labute approximate surface area is 144 Å². The number of unbranched alkanes of at least 4 members (excludes halogenated alkanes) is 2. The van der Waals surface area contributed by atoms with Crippen LogP contribution in [0.25, 0.3) is 0 Å². The van der Waals surface area contributed by atoms with Crippen molar-refractivity contribution in [3.05, 3.63) is 10.3 Å². The van der Waals surface area contributed by atoms with Crippen molar-refractivity contribution in [2.45, 2.75) is 69.5 Å². The number of aliphatic hydroxyl groups is 1. The first-order valence-corrected chi connectivity index (χ1v) is 10.9. The highest BCUT2D eigenvalue weighted by molar-refractivity contribution is 8.19. The molecule has 0 radical (unpaired) electrons. The molecule has 0 saturated carbocycles. The summed E-state index contributed by atoms with van der Waals surface area (Å²) in [5.41, 5.74) is 0. The van der Waals surface area contributed by atoms with Crippen LogP contribution in [0, 0.1) is 5.92 Å². The lowest BCUT2D eigenvalue weighted by atomic mass is 9.90. The molecule has 0 saturated heterocycles. The van der Waals surface area contributed by atoms with E-state index in [2.05, 4.69) is 18.6 Å². The zero-order valence-corrected chi connectivity index (χ0v) is 15.8. The van der Waals surface area contributed by atoms with E-state index in [1.807, 2.05) is 0 Å². The molecule has 0 aliphatic carbocycles. The third-order valence-corrected chi connectivity index (χ3v) is 7.46. The zero-order chi connectivity index (χ0) is 16.6. The van der Waals surface area contributed by atoms with E-state index < -0.39 is 16.1 Å². The van der Waals surface area contributed by atoms with Crippen LogP contribution in [-0.4, -0.2) is 30.9 Å². The van der Waals surface area contributed by atoms with Crippen LogP contribution in [-0.2, 0) is 10.0 Å². The van der Waals surface area contributed by atoms with E-state index in [-0.39, 0.29) is 21.5 Å². The molecule has 22 heavy (non-hydrogen) atoms. The van der Waals surface area contributed by atoms with E-state index in [9.17, 15) is 13.5 Å². The lowest BCUT2D eigenvalue weighted by Gasteiger charge is -2.26. The fourth-order valence-electron chi connectivity index (χ4n) is 2.60. The number of allylic oxidation sites excluding steroid dienone is 1. The first-order valence-electron chi connectivity index (χ1n) is 8.08. The molecule has 1 heterocycles. The number of sulfonamides is 1. The average Bonchev–Trinajstić information content (AvgIpc) is 2.93. The van der Waals surface area contributed by atoms with E-state index in [0.717, 1.165) is 38.5 Å². The molecule has 0 amide bonds. The second kappa shape index (κ2) is 10.2. The van der Waals surface area contributed by atoms with Gasteiger partial charge in [0.25, 0.3) is 0 Å². The van der Waals surface area contributed by atoms with Crippen molar-refractivity contribution < 1.29 is 13.5 Å². The van der Waals surface area contributed by atoms with Crippen molar-refractivity contribution in [1.29, 1.82) is 0 Å². The van der Waals surface area contributed by atoms with Gasteiger partial charge in [-0.15, -0.1) is 11.6 Å². The summed E-state index contributed by atoms with van der Waals surface area (Å²) in [5.74, 6) is 0.179. The molecule has 1 unspecified atom stereocenters. The Balaban J connectivity index is 2.74. The molecule has 0 spiro atoms. The molecule has 7 heteroatoms. The van der Waals surface area contributed by atoms with Gasteiger partial charge < -0.3 is 5.11 Å². The van der Waals surface area contributed by atoms with Gasteiger partial charge in [-0.2, -0.15) is 0 Å². The smallest absolute Gasteiger partial charge is 0.246 e. The summed E-state index contributed by atoms with van der Waals surface area (Å²) in [4.78, 5) is 0. The number of rotatable bonds is 11. The second-order valence-electron chi connectivity index (χ2n) is 5.74. The van der Waals surface area contributed by atoms with Gasteiger partial charge in [-0.05, 0) is 25.2 Å². The van der Waals surface area contributed by atoms with Gasteiger partial charge in [0, 0.05) is 6.04 Å². The Morgan fingerprint density at radius 3 is 2.36 bits per heavy atom. The lowest BCUT2D eigenvalue weighted by Crippen LogP contribution is -2.43.